The van der Waals surface area contributed by atoms with Crippen molar-refractivity contribution >= 4 is 45.8 Å². The molecule has 0 bridgehead atoms. The van der Waals surface area contributed by atoms with E-state index in [0.29, 0.717) is 17.2 Å². The van der Waals surface area contributed by atoms with Gasteiger partial charge in [0.15, 0.2) is 0 Å². The summed E-state index contributed by atoms with van der Waals surface area (Å²) in [7, 11) is -1.18. The molecule has 4 rings (SSSR count). The minimum Gasteiger partial charge on any atom is -0.370 e. The summed E-state index contributed by atoms with van der Waals surface area (Å²) in [4.78, 5) is 13.5. The van der Waals surface area contributed by atoms with Crippen LogP contribution in [-0.2, 0) is 11.0 Å². The summed E-state index contributed by atoms with van der Waals surface area (Å²) in [6, 6.07) is 11.1. The van der Waals surface area contributed by atoms with Gasteiger partial charge in [-0.1, -0.05) is 18.9 Å². The van der Waals surface area contributed by atoms with Crippen LogP contribution in [0.5, 0.6) is 0 Å². The maximum Gasteiger partial charge on any atom is 0.251 e. The van der Waals surface area contributed by atoms with Gasteiger partial charge in [-0.25, -0.2) is 18.0 Å². The molecule has 1 atom stereocenters. The number of alkyl halides is 2. The number of hydrogen-bond acceptors (Lipinski definition) is 7. The third kappa shape index (κ3) is 6.77. The van der Waals surface area contributed by atoms with Crippen LogP contribution in [0.1, 0.15) is 44.2 Å². The number of pyridine rings is 1. The van der Waals surface area contributed by atoms with Gasteiger partial charge in [-0.15, -0.1) is 0 Å². The molecular formula is C25H33F2N7OS. The van der Waals surface area contributed by atoms with E-state index in [0.717, 1.165) is 43.0 Å². The molecule has 1 unspecified atom stereocenters. The predicted molar refractivity (Wildman–Crippen MR) is 144 cm³/mol. The molecule has 3 N–H and O–H groups in total. The van der Waals surface area contributed by atoms with Gasteiger partial charge in [0.05, 0.1) is 23.3 Å². The van der Waals surface area contributed by atoms with E-state index in [1.165, 1.54) is 12.8 Å². The second kappa shape index (κ2) is 11.8. The van der Waals surface area contributed by atoms with Crippen LogP contribution < -0.4 is 20.4 Å². The van der Waals surface area contributed by atoms with E-state index in [9.17, 15) is 13.0 Å². The number of nitrogens with zero attached hydrogens (tertiary/aromatic N) is 5. The highest BCUT2D eigenvalue weighted by atomic mass is 32.2. The van der Waals surface area contributed by atoms with Gasteiger partial charge in [-0.3, -0.25) is 4.99 Å². The summed E-state index contributed by atoms with van der Waals surface area (Å²) >= 11 is 0. The molecule has 2 aliphatic heterocycles. The minimum atomic E-state index is -2.62. The third-order valence-corrected chi connectivity index (χ3v) is 6.99. The average molecular weight is 518 g/mol. The van der Waals surface area contributed by atoms with Crippen molar-refractivity contribution in [3.05, 3.63) is 42.1 Å². The van der Waals surface area contributed by atoms with E-state index in [2.05, 4.69) is 19.7 Å². The van der Waals surface area contributed by atoms with Gasteiger partial charge in [0, 0.05) is 51.0 Å². The lowest BCUT2D eigenvalue weighted by Crippen LogP contribution is -2.39. The smallest absolute Gasteiger partial charge is 0.251 e. The van der Waals surface area contributed by atoms with Crippen molar-refractivity contribution in [3.8, 4) is 0 Å². The first kappa shape index (κ1) is 26.0. The highest BCUT2D eigenvalue weighted by Gasteiger charge is 2.34. The lowest BCUT2D eigenvalue weighted by Gasteiger charge is -2.32. The Balaban J connectivity index is 1.58. The van der Waals surface area contributed by atoms with Crippen molar-refractivity contribution < 1.29 is 13.0 Å². The molecule has 2 saturated heterocycles. The number of benzene rings is 1. The van der Waals surface area contributed by atoms with Crippen molar-refractivity contribution in [1.82, 2.24) is 4.98 Å². The largest absolute Gasteiger partial charge is 0.370 e. The van der Waals surface area contributed by atoms with Crippen LogP contribution in [0, 0.1) is 0 Å². The zero-order valence-electron chi connectivity index (χ0n) is 20.5. The Bertz CT molecular complexity index is 1120. The van der Waals surface area contributed by atoms with Crippen LogP contribution in [0.15, 0.2) is 46.5 Å². The number of rotatable bonds is 7. The molecule has 0 radical (unpaired) electrons. The van der Waals surface area contributed by atoms with Crippen LogP contribution in [0.2, 0.25) is 0 Å². The predicted octanol–water partition coefficient (Wildman–Crippen LogP) is 4.47. The van der Waals surface area contributed by atoms with Gasteiger partial charge < -0.3 is 20.4 Å². The summed E-state index contributed by atoms with van der Waals surface area (Å²) in [6.07, 6.45) is 7.42. The standard InChI is InChI=1S/C25H33F2N7OS/c1-36(35)32-19-9-10-21(23(17-19)33-13-4-2-3-5-14-33)29-18-22(31-28)20-7-6-8-24(30-20)34-15-11-25(26,27)12-16-34/h6-10,17-18,32H,2-5,11-16,28H2,1H3/b29-18?,31-22+. The Labute approximate surface area is 213 Å². The number of aromatic nitrogens is 1. The molecule has 0 spiro atoms. The molecule has 2 aromatic rings. The third-order valence-electron chi connectivity index (χ3n) is 6.46. The molecular weight excluding hydrogens is 484 g/mol. The summed E-state index contributed by atoms with van der Waals surface area (Å²) in [5.74, 6) is 3.70. The molecule has 0 amide bonds. The summed E-state index contributed by atoms with van der Waals surface area (Å²) in [6.45, 7) is 2.35. The molecule has 1 aromatic heterocycles. The molecule has 2 aliphatic rings. The van der Waals surface area contributed by atoms with Crippen LogP contribution in [-0.4, -0.2) is 59.5 Å². The fraction of sp³-hybridized carbons (Fsp3) is 0.480. The molecule has 194 valence electrons. The second-order valence-electron chi connectivity index (χ2n) is 9.16. The van der Waals surface area contributed by atoms with Crippen molar-refractivity contribution in [3.63, 3.8) is 0 Å². The summed E-state index contributed by atoms with van der Waals surface area (Å²) in [5.41, 5.74) is 3.38. The lowest BCUT2D eigenvalue weighted by atomic mass is 10.1. The zero-order valence-corrected chi connectivity index (χ0v) is 21.3. The first-order chi connectivity index (χ1) is 17.3. The number of hydrazone groups is 1. The molecule has 1 aromatic carbocycles. The van der Waals surface area contributed by atoms with Gasteiger partial charge >= 0.3 is 0 Å². The van der Waals surface area contributed by atoms with Gasteiger partial charge in [0.1, 0.15) is 22.5 Å². The molecule has 0 aliphatic carbocycles. The second-order valence-corrected chi connectivity index (χ2v) is 10.3. The Morgan fingerprint density at radius 1 is 1.08 bits per heavy atom. The van der Waals surface area contributed by atoms with Crippen molar-refractivity contribution in [1.29, 1.82) is 0 Å². The molecule has 8 nitrogen and oxygen atoms in total. The Morgan fingerprint density at radius 3 is 2.47 bits per heavy atom. The molecule has 0 saturated carbocycles. The van der Waals surface area contributed by atoms with Gasteiger partial charge in [0.25, 0.3) is 5.92 Å². The van der Waals surface area contributed by atoms with Gasteiger partial charge in [-0.2, -0.15) is 5.10 Å². The normalized spacial score (nSPS) is 19.8. The first-order valence-electron chi connectivity index (χ1n) is 12.3. The number of aliphatic imine (C=N–C) groups is 1. The summed E-state index contributed by atoms with van der Waals surface area (Å²) in [5, 5.41) is 3.90. The van der Waals surface area contributed by atoms with Gasteiger partial charge in [0.2, 0.25) is 0 Å². The molecule has 11 heteroatoms. The van der Waals surface area contributed by atoms with Crippen LogP contribution in [0.25, 0.3) is 0 Å². The SMILES string of the molecule is CS(=O)Nc1ccc(N=C/C(=N\N)c2cccc(N3CCC(F)(F)CC3)n2)c(N2CCCCCC2)c1. The van der Waals surface area contributed by atoms with E-state index in [4.69, 9.17) is 10.8 Å². The highest BCUT2D eigenvalue weighted by Crippen LogP contribution is 2.34. The van der Waals surface area contributed by atoms with E-state index >= 15 is 0 Å². The number of hydrogen-bond donors (Lipinski definition) is 2. The van der Waals surface area contributed by atoms with Crippen molar-refractivity contribution in [2.75, 3.05) is 47.0 Å². The lowest BCUT2D eigenvalue weighted by molar-refractivity contribution is -0.0221. The fourth-order valence-corrected chi connectivity index (χ4v) is 4.99. The molecule has 3 heterocycles. The zero-order chi connectivity index (χ0) is 25.5. The number of anilines is 3. The average Bonchev–Trinajstić information content (AvgIpc) is 3.14. The highest BCUT2D eigenvalue weighted by molar-refractivity contribution is 7.85. The molecule has 36 heavy (non-hydrogen) atoms. The van der Waals surface area contributed by atoms with Crippen molar-refractivity contribution in [2.24, 2.45) is 15.9 Å². The van der Waals surface area contributed by atoms with Gasteiger partial charge in [-0.05, 0) is 43.2 Å². The Morgan fingerprint density at radius 2 is 1.81 bits per heavy atom. The Hall–Kier alpha value is -3.08. The van der Waals surface area contributed by atoms with Crippen LogP contribution in [0.3, 0.4) is 0 Å². The minimum absolute atomic E-state index is 0.187. The van der Waals surface area contributed by atoms with Crippen molar-refractivity contribution in [2.45, 2.75) is 44.4 Å². The molecule has 2 fully saturated rings. The quantitative estimate of drug-likeness (QED) is 0.321. The van der Waals surface area contributed by atoms with Crippen LogP contribution >= 0.6 is 0 Å². The number of halogens is 2. The first-order valence-corrected chi connectivity index (χ1v) is 13.8. The van der Waals surface area contributed by atoms with E-state index < -0.39 is 16.9 Å². The summed E-state index contributed by atoms with van der Waals surface area (Å²) < 4.78 is 41.8. The van der Waals surface area contributed by atoms with Crippen LogP contribution in [0.4, 0.5) is 31.7 Å². The Kier molecular flexibility index (Phi) is 8.50. The van der Waals surface area contributed by atoms with E-state index in [1.54, 1.807) is 24.6 Å². The topological polar surface area (TPSA) is 99.2 Å². The number of nitrogens with one attached hydrogen (secondary N) is 1. The van der Waals surface area contributed by atoms with E-state index in [-0.39, 0.29) is 25.9 Å². The maximum absolute atomic E-state index is 13.6. The fourth-order valence-electron chi connectivity index (χ4n) is 4.53. The number of piperidine rings is 1. The maximum atomic E-state index is 13.6. The monoisotopic (exact) mass is 517 g/mol. The number of nitrogens with two attached hydrogens (primary N) is 1. The van der Waals surface area contributed by atoms with E-state index in [1.807, 2.05) is 29.2 Å².